The maximum atomic E-state index is 12.4. The van der Waals surface area contributed by atoms with Crippen LogP contribution >= 0.6 is 0 Å². The largest absolute Gasteiger partial charge is 0.338 e. The smallest absolute Gasteiger partial charge is 0.240 e. The number of ketones is 1. The third-order valence-corrected chi connectivity index (χ3v) is 6.48. The summed E-state index contributed by atoms with van der Waals surface area (Å²) in [6.45, 7) is 1.54. The number of sulfonamides is 1. The van der Waals surface area contributed by atoms with Crippen LogP contribution in [0.15, 0.2) is 71.6 Å². The lowest BCUT2D eigenvalue weighted by Crippen LogP contribution is -2.19. The number of hydrogen-bond acceptors (Lipinski definition) is 4. The first-order valence-electron chi connectivity index (χ1n) is 9.69. The van der Waals surface area contributed by atoms with Crippen LogP contribution in [0.1, 0.15) is 28.7 Å². The van der Waals surface area contributed by atoms with Gasteiger partial charge in [-0.15, -0.1) is 0 Å². The van der Waals surface area contributed by atoms with E-state index in [0.717, 1.165) is 22.2 Å². The molecule has 4 aromatic rings. The molecule has 3 aromatic carbocycles. The van der Waals surface area contributed by atoms with E-state index in [9.17, 15) is 13.2 Å². The van der Waals surface area contributed by atoms with Crippen molar-refractivity contribution in [3.05, 3.63) is 83.7 Å². The summed E-state index contributed by atoms with van der Waals surface area (Å²) in [5.41, 5.74) is 4.60. The Morgan fingerprint density at radius 2 is 1.74 bits per heavy atom. The molecule has 0 bridgehead atoms. The zero-order chi connectivity index (χ0) is 22.0. The minimum Gasteiger partial charge on any atom is -0.338 e. The van der Waals surface area contributed by atoms with E-state index in [0.29, 0.717) is 17.0 Å². The van der Waals surface area contributed by atoms with Crippen molar-refractivity contribution in [1.29, 1.82) is 0 Å². The number of benzene rings is 3. The highest BCUT2D eigenvalue weighted by atomic mass is 32.2. The van der Waals surface area contributed by atoms with Crippen LogP contribution in [0.25, 0.3) is 34.3 Å². The molecular weight excluding hydrogens is 410 g/mol. The van der Waals surface area contributed by atoms with Crippen molar-refractivity contribution in [3.8, 4) is 11.1 Å². The normalized spacial score (nSPS) is 11.9. The number of hydrogen-bond donors (Lipinski definition) is 2. The number of imidazole rings is 1. The number of carbonyl (C=O) groups excluding carboxylic acids is 1. The summed E-state index contributed by atoms with van der Waals surface area (Å²) in [5.74, 6) is 0.714. The van der Waals surface area contributed by atoms with Crippen LogP contribution in [0.5, 0.6) is 0 Å². The summed E-state index contributed by atoms with van der Waals surface area (Å²) in [7, 11) is -2.19. The van der Waals surface area contributed by atoms with Gasteiger partial charge < -0.3 is 4.98 Å². The van der Waals surface area contributed by atoms with Gasteiger partial charge in [-0.25, -0.2) is 18.1 Å². The Morgan fingerprint density at radius 1 is 1.00 bits per heavy atom. The van der Waals surface area contributed by atoms with Gasteiger partial charge in [0, 0.05) is 11.1 Å². The van der Waals surface area contributed by atoms with E-state index in [1.54, 1.807) is 37.3 Å². The maximum Gasteiger partial charge on any atom is 0.240 e. The number of nitrogens with zero attached hydrogens (tertiary/aromatic N) is 1. The first-order valence-corrected chi connectivity index (χ1v) is 11.2. The summed E-state index contributed by atoms with van der Waals surface area (Å²) >= 11 is 0. The van der Waals surface area contributed by atoms with Crippen LogP contribution in [0.4, 0.5) is 0 Å². The van der Waals surface area contributed by atoms with Crippen molar-refractivity contribution >= 4 is 39.0 Å². The Kier molecular flexibility index (Phi) is 5.54. The van der Waals surface area contributed by atoms with Crippen LogP contribution in [0.3, 0.4) is 0 Å². The van der Waals surface area contributed by atoms with Gasteiger partial charge in [0.1, 0.15) is 5.82 Å². The van der Waals surface area contributed by atoms with Gasteiger partial charge in [-0.2, -0.15) is 0 Å². The SMILES string of the molecule is CNS(=O)(=O)c1ccccc1-c1ccc2[nH]c(C=Cc3ccc(C(C)=O)cc3)nc2c1. The second kappa shape index (κ2) is 8.29. The number of rotatable bonds is 6. The molecule has 1 aromatic heterocycles. The van der Waals surface area contributed by atoms with E-state index in [4.69, 9.17) is 0 Å². The lowest BCUT2D eigenvalue weighted by Gasteiger charge is -2.09. The molecule has 0 aliphatic rings. The minimum absolute atomic E-state index is 0.0349. The molecule has 0 saturated carbocycles. The van der Waals surface area contributed by atoms with Crippen LogP contribution in [0.2, 0.25) is 0 Å². The van der Waals surface area contributed by atoms with Gasteiger partial charge >= 0.3 is 0 Å². The number of H-pyrrole nitrogens is 1. The number of fused-ring (bicyclic) bond motifs is 1. The summed E-state index contributed by atoms with van der Waals surface area (Å²) in [6, 6.07) is 19.9. The first-order chi connectivity index (χ1) is 14.9. The van der Waals surface area contributed by atoms with Gasteiger partial charge in [-0.05, 0) is 49.4 Å². The van der Waals surface area contributed by atoms with Crippen LogP contribution < -0.4 is 4.72 Å². The Labute approximate surface area is 180 Å². The Bertz CT molecular complexity index is 1400. The van der Waals surface area contributed by atoms with E-state index in [1.165, 1.54) is 7.05 Å². The third-order valence-electron chi connectivity index (χ3n) is 5.01. The van der Waals surface area contributed by atoms with Crippen LogP contribution in [0, 0.1) is 0 Å². The minimum atomic E-state index is -3.58. The van der Waals surface area contributed by atoms with E-state index in [1.807, 2.05) is 48.6 Å². The summed E-state index contributed by atoms with van der Waals surface area (Å²) in [4.78, 5) is 19.5. The number of Topliss-reactive ketones (excluding diaryl/α,β-unsaturated/α-hetero) is 1. The Morgan fingerprint density at radius 3 is 2.45 bits per heavy atom. The Hall–Kier alpha value is -3.55. The van der Waals surface area contributed by atoms with Gasteiger partial charge in [0.15, 0.2) is 5.78 Å². The molecule has 0 spiro atoms. The second-order valence-corrected chi connectivity index (χ2v) is 8.92. The van der Waals surface area contributed by atoms with Crippen LogP contribution in [-0.2, 0) is 10.0 Å². The molecule has 4 rings (SSSR count). The van der Waals surface area contributed by atoms with Crippen molar-refractivity contribution in [2.75, 3.05) is 7.05 Å². The molecule has 7 heteroatoms. The summed E-state index contributed by atoms with van der Waals surface area (Å²) in [6.07, 6.45) is 3.78. The molecule has 0 atom stereocenters. The van der Waals surface area contributed by atoms with Gasteiger partial charge in [0.05, 0.1) is 15.9 Å². The Balaban J connectivity index is 1.66. The van der Waals surface area contributed by atoms with Gasteiger partial charge in [-0.3, -0.25) is 4.79 Å². The molecule has 0 unspecified atom stereocenters. The van der Waals surface area contributed by atoms with E-state index in [-0.39, 0.29) is 10.7 Å². The van der Waals surface area contributed by atoms with Crippen molar-refractivity contribution in [3.63, 3.8) is 0 Å². The maximum absolute atomic E-state index is 12.4. The average Bonchev–Trinajstić information content (AvgIpc) is 3.20. The number of nitrogens with one attached hydrogen (secondary N) is 2. The second-order valence-electron chi connectivity index (χ2n) is 7.07. The molecule has 2 N–H and O–H groups in total. The average molecular weight is 432 g/mol. The third kappa shape index (κ3) is 4.33. The van der Waals surface area contributed by atoms with Crippen LogP contribution in [-0.4, -0.2) is 31.2 Å². The molecule has 0 fully saturated rings. The number of carbonyl (C=O) groups is 1. The molecule has 6 nitrogen and oxygen atoms in total. The van der Waals surface area contributed by atoms with E-state index >= 15 is 0 Å². The van der Waals surface area contributed by atoms with Crippen molar-refractivity contribution < 1.29 is 13.2 Å². The number of aromatic amines is 1. The van der Waals surface area contributed by atoms with Crippen molar-refractivity contribution in [2.45, 2.75) is 11.8 Å². The highest BCUT2D eigenvalue weighted by Crippen LogP contribution is 2.29. The fraction of sp³-hybridized carbons (Fsp3) is 0.0833. The molecule has 31 heavy (non-hydrogen) atoms. The summed E-state index contributed by atoms with van der Waals surface area (Å²) in [5, 5.41) is 0. The van der Waals surface area contributed by atoms with Gasteiger partial charge in [-0.1, -0.05) is 54.6 Å². The highest BCUT2D eigenvalue weighted by Gasteiger charge is 2.17. The van der Waals surface area contributed by atoms with Crippen molar-refractivity contribution in [1.82, 2.24) is 14.7 Å². The molecule has 0 radical (unpaired) electrons. The molecular formula is C24H21N3O3S. The predicted molar refractivity (Wildman–Crippen MR) is 123 cm³/mol. The first kappa shape index (κ1) is 20.7. The zero-order valence-corrected chi connectivity index (χ0v) is 17.9. The molecule has 0 aliphatic carbocycles. The monoisotopic (exact) mass is 431 g/mol. The lowest BCUT2D eigenvalue weighted by molar-refractivity contribution is 0.101. The summed E-state index contributed by atoms with van der Waals surface area (Å²) < 4.78 is 27.1. The lowest BCUT2D eigenvalue weighted by atomic mass is 10.1. The standard InChI is InChI=1S/C24H21N3O3S/c1-16(28)18-10-7-17(8-11-18)9-14-24-26-21-13-12-19(15-22(21)27-24)20-5-3-4-6-23(20)31(29,30)25-2/h3-15,25H,1-2H3,(H,26,27). The number of aromatic nitrogens is 2. The van der Waals surface area contributed by atoms with E-state index < -0.39 is 10.0 Å². The predicted octanol–water partition coefficient (Wildman–Crippen LogP) is 4.51. The molecule has 0 saturated heterocycles. The zero-order valence-electron chi connectivity index (χ0n) is 17.1. The molecule has 1 heterocycles. The molecule has 156 valence electrons. The fourth-order valence-electron chi connectivity index (χ4n) is 3.33. The van der Waals surface area contributed by atoms with Crippen molar-refractivity contribution in [2.24, 2.45) is 0 Å². The van der Waals surface area contributed by atoms with Gasteiger partial charge in [0.25, 0.3) is 0 Å². The topological polar surface area (TPSA) is 91.9 Å². The molecule has 0 aliphatic heterocycles. The highest BCUT2D eigenvalue weighted by molar-refractivity contribution is 7.89. The van der Waals surface area contributed by atoms with E-state index in [2.05, 4.69) is 14.7 Å². The quantitative estimate of drug-likeness (QED) is 0.439. The molecule has 0 amide bonds. The van der Waals surface area contributed by atoms with Gasteiger partial charge in [0.2, 0.25) is 10.0 Å². The fourth-order valence-corrected chi connectivity index (χ4v) is 4.28.